The minimum atomic E-state index is 0.288. The fraction of sp³-hybridized carbons (Fsp3) is 0.500. The van der Waals surface area contributed by atoms with Crippen LogP contribution in [-0.2, 0) is 4.89 Å². The molecular formula is C4H8O2. The highest BCUT2D eigenvalue weighted by atomic mass is 17.1. The molecule has 0 atom stereocenters. The van der Waals surface area contributed by atoms with Crippen molar-refractivity contribution >= 4 is 0 Å². The van der Waals surface area contributed by atoms with E-state index in [0.717, 1.165) is 0 Å². The van der Waals surface area contributed by atoms with E-state index in [1.807, 2.05) is 6.92 Å². The maximum atomic E-state index is 7.65. The van der Waals surface area contributed by atoms with Gasteiger partial charge in [-0.15, -0.1) is 0 Å². The lowest BCUT2D eigenvalue weighted by Crippen LogP contribution is -1.79. The van der Waals surface area contributed by atoms with E-state index in [0.29, 0.717) is 0 Å². The zero-order valence-electron chi connectivity index (χ0n) is 3.72. The van der Waals surface area contributed by atoms with Crippen molar-refractivity contribution in [3.63, 3.8) is 0 Å². The second kappa shape index (κ2) is 4.66. The van der Waals surface area contributed by atoms with Gasteiger partial charge >= 0.3 is 0 Å². The van der Waals surface area contributed by atoms with Crippen LogP contribution in [0.4, 0.5) is 0 Å². The van der Waals surface area contributed by atoms with Crippen molar-refractivity contribution in [1.29, 1.82) is 0 Å². The van der Waals surface area contributed by atoms with Crippen molar-refractivity contribution in [2.24, 2.45) is 0 Å². The largest absolute Gasteiger partial charge is 0.252 e. The van der Waals surface area contributed by atoms with Crippen LogP contribution in [0, 0.1) is 0 Å². The molecule has 0 bridgehead atoms. The van der Waals surface area contributed by atoms with Gasteiger partial charge in [0.1, 0.15) is 6.61 Å². The van der Waals surface area contributed by atoms with Crippen molar-refractivity contribution in [3.05, 3.63) is 12.2 Å². The maximum Gasteiger partial charge on any atom is 0.100 e. The van der Waals surface area contributed by atoms with Gasteiger partial charge in [-0.25, -0.2) is 4.89 Å². The van der Waals surface area contributed by atoms with Gasteiger partial charge in [0.25, 0.3) is 0 Å². The summed E-state index contributed by atoms with van der Waals surface area (Å²) < 4.78 is 0. The van der Waals surface area contributed by atoms with E-state index in [1.165, 1.54) is 0 Å². The van der Waals surface area contributed by atoms with Crippen LogP contribution < -0.4 is 0 Å². The first-order valence-electron chi connectivity index (χ1n) is 1.79. The van der Waals surface area contributed by atoms with Crippen LogP contribution in [0.5, 0.6) is 0 Å². The molecule has 0 aromatic rings. The third-order valence-corrected chi connectivity index (χ3v) is 0.406. The Labute approximate surface area is 37.0 Å². The summed E-state index contributed by atoms with van der Waals surface area (Å²) >= 11 is 0. The van der Waals surface area contributed by atoms with Gasteiger partial charge in [-0.2, -0.15) is 0 Å². The van der Waals surface area contributed by atoms with Crippen molar-refractivity contribution in [3.8, 4) is 0 Å². The fourth-order valence-corrected chi connectivity index (χ4v) is 0.139. The molecule has 0 unspecified atom stereocenters. The normalized spacial score (nSPS) is 10.3. The molecule has 0 amide bonds. The molecule has 6 heavy (non-hydrogen) atoms. The van der Waals surface area contributed by atoms with E-state index >= 15 is 0 Å². The van der Waals surface area contributed by atoms with Crippen LogP contribution in [0.1, 0.15) is 6.92 Å². The first kappa shape index (κ1) is 5.66. The Morgan fingerprint density at radius 1 is 1.83 bits per heavy atom. The van der Waals surface area contributed by atoms with Crippen LogP contribution in [0.25, 0.3) is 0 Å². The fourth-order valence-electron chi connectivity index (χ4n) is 0.139. The van der Waals surface area contributed by atoms with Gasteiger partial charge in [-0.3, -0.25) is 5.26 Å². The lowest BCUT2D eigenvalue weighted by atomic mass is 10.6. The lowest BCUT2D eigenvalue weighted by Gasteiger charge is -1.79. The SMILES string of the molecule is C/C=C\COO. The molecule has 2 heteroatoms. The zero-order chi connectivity index (χ0) is 4.83. The molecule has 0 aliphatic carbocycles. The molecule has 0 aliphatic rings. The predicted octanol–water partition coefficient (Wildman–Crippen LogP) is 1.05. The van der Waals surface area contributed by atoms with Crippen LogP contribution in [0.2, 0.25) is 0 Å². The molecule has 0 aromatic heterocycles. The van der Waals surface area contributed by atoms with E-state index in [-0.39, 0.29) is 6.61 Å². The summed E-state index contributed by atoms with van der Waals surface area (Å²) in [5.74, 6) is 0. The van der Waals surface area contributed by atoms with E-state index < -0.39 is 0 Å². The van der Waals surface area contributed by atoms with Gasteiger partial charge in [0.05, 0.1) is 0 Å². The molecule has 0 radical (unpaired) electrons. The summed E-state index contributed by atoms with van der Waals surface area (Å²) in [6, 6.07) is 0. The maximum absolute atomic E-state index is 7.65. The molecule has 2 nitrogen and oxygen atoms in total. The molecule has 0 fully saturated rings. The van der Waals surface area contributed by atoms with Gasteiger partial charge in [0.2, 0.25) is 0 Å². The van der Waals surface area contributed by atoms with Crippen molar-refractivity contribution < 1.29 is 10.1 Å². The van der Waals surface area contributed by atoms with E-state index in [4.69, 9.17) is 5.26 Å². The smallest absolute Gasteiger partial charge is 0.100 e. The van der Waals surface area contributed by atoms with Crippen molar-refractivity contribution in [2.45, 2.75) is 6.92 Å². The lowest BCUT2D eigenvalue weighted by molar-refractivity contribution is -0.231. The molecule has 0 aromatic carbocycles. The Hall–Kier alpha value is -0.340. The van der Waals surface area contributed by atoms with Gasteiger partial charge in [-0.05, 0) is 6.92 Å². The van der Waals surface area contributed by atoms with E-state index in [1.54, 1.807) is 12.2 Å². The molecule has 0 saturated heterocycles. The number of hydrogen-bond donors (Lipinski definition) is 1. The topological polar surface area (TPSA) is 29.5 Å². The quantitative estimate of drug-likeness (QED) is 0.310. The highest BCUT2D eigenvalue weighted by molar-refractivity contribution is 4.74. The minimum absolute atomic E-state index is 0.288. The average molecular weight is 88.1 g/mol. The summed E-state index contributed by atoms with van der Waals surface area (Å²) in [5, 5.41) is 7.65. The van der Waals surface area contributed by atoms with Crippen LogP contribution in [-0.4, -0.2) is 11.9 Å². The summed E-state index contributed by atoms with van der Waals surface area (Å²) in [6.07, 6.45) is 3.51. The monoisotopic (exact) mass is 88.1 g/mol. The second-order valence-electron chi connectivity index (χ2n) is 0.865. The first-order chi connectivity index (χ1) is 2.91. The first-order valence-corrected chi connectivity index (χ1v) is 1.79. The Morgan fingerprint density at radius 2 is 2.50 bits per heavy atom. The molecule has 0 rings (SSSR count). The number of rotatable bonds is 2. The zero-order valence-corrected chi connectivity index (χ0v) is 3.72. The van der Waals surface area contributed by atoms with Crippen molar-refractivity contribution in [2.75, 3.05) is 6.61 Å². The second-order valence-corrected chi connectivity index (χ2v) is 0.865. The third-order valence-electron chi connectivity index (χ3n) is 0.406. The molecule has 1 N–H and O–H groups in total. The molecule has 0 aliphatic heterocycles. The summed E-state index contributed by atoms with van der Waals surface area (Å²) in [7, 11) is 0. The van der Waals surface area contributed by atoms with Gasteiger partial charge in [0, 0.05) is 0 Å². The Morgan fingerprint density at radius 3 is 2.67 bits per heavy atom. The van der Waals surface area contributed by atoms with Crippen LogP contribution >= 0.6 is 0 Å². The van der Waals surface area contributed by atoms with Gasteiger partial charge in [-0.1, -0.05) is 12.2 Å². The van der Waals surface area contributed by atoms with Crippen molar-refractivity contribution in [1.82, 2.24) is 0 Å². The van der Waals surface area contributed by atoms with E-state index in [2.05, 4.69) is 4.89 Å². The van der Waals surface area contributed by atoms with Crippen LogP contribution in [0.15, 0.2) is 12.2 Å². The minimum Gasteiger partial charge on any atom is -0.252 e. The molecule has 0 spiro atoms. The number of allylic oxidation sites excluding steroid dienone is 1. The molecule has 36 valence electrons. The third kappa shape index (κ3) is 3.66. The molecular weight excluding hydrogens is 80.0 g/mol. The highest BCUT2D eigenvalue weighted by Gasteiger charge is 1.64. The molecule has 0 saturated carbocycles. The Balaban J connectivity index is 2.66. The van der Waals surface area contributed by atoms with Gasteiger partial charge < -0.3 is 0 Å². The summed E-state index contributed by atoms with van der Waals surface area (Å²) in [5.41, 5.74) is 0. The van der Waals surface area contributed by atoms with Crippen LogP contribution in [0.3, 0.4) is 0 Å². The highest BCUT2D eigenvalue weighted by Crippen LogP contribution is 1.68. The molecule has 0 heterocycles. The Bertz CT molecular complexity index is 40.8. The van der Waals surface area contributed by atoms with Gasteiger partial charge in [0.15, 0.2) is 0 Å². The summed E-state index contributed by atoms with van der Waals surface area (Å²) in [4.78, 5) is 3.70. The summed E-state index contributed by atoms with van der Waals surface area (Å²) in [6.45, 7) is 2.15. The Kier molecular flexibility index (Phi) is 4.40. The number of hydrogen-bond acceptors (Lipinski definition) is 2. The predicted molar refractivity (Wildman–Crippen MR) is 23.4 cm³/mol. The standard InChI is InChI=1S/C4H8O2/c1-2-3-4-6-5/h2-3,5H,4H2,1H3/b3-2-. The average Bonchev–Trinajstić information content (AvgIpc) is 1.61. The van der Waals surface area contributed by atoms with E-state index in [9.17, 15) is 0 Å².